The molecule has 1 atom stereocenters. The largest absolute Gasteiger partial charge is 0.330 e. The van der Waals surface area contributed by atoms with Crippen LogP contribution in [0.2, 0.25) is 0 Å². The van der Waals surface area contributed by atoms with Crippen LogP contribution < -0.4 is 5.73 Å². The minimum atomic E-state index is 0.258. The first-order valence-corrected chi connectivity index (χ1v) is 7.66. The number of fused-ring (bicyclic) bond motifs is 1. The second kappa shape index (κ2) is 5.28. The van der Waals surface area contributed by atoms with Crippen molar-refractivity contribution in [3.05, 3.63) is 34.9 Å². The smallest absolute Gasteiger partial charge is 0.00814 e. The summed E-state index contributed by atoms with van der Waals surface area (Å²) >= 11 is 0. The van der Waals surface area contributed by atoms with Crippen LogP contribution >= 0.6 is 0 Å². The van der Waals surface area contributed by atoms with E-state index < -0.39 is 0 Å². The predicted octanol–water partition coefficient (Wildman–Crippen LogP) is 4.35. The topological polar surface area (TPSA) is 26.0 Å². The lowest BCUT2D eigenvalue weighted by Crippen LogP contribution is -2.33. The normalized spacial score (nSPS) is 22.6. The van der Waals surface area contributed by atoms with Crippen LogP contribution in [0.3, 0.4) is 0 Å². The molecule has 0 saturated heterocycles. The molecule has 2 rings (SSSR count). The van der Waals surface area contributed by atoms with Gasteiger partial charge in [0.25, 0.3) is 0 Å². The van der Waals surface area contributed by atoms with Gasteiger partial charge in [0.2, 0.25) is 0 Å². The molecule has 1 aromatic rings. The van der Waals surface area contributed by atoms with E-state index in [1.165, 1.54) is 43.2 Å². The molecule has 1 heteroatoms. The molecule has 0 spiro atoms. The lowest BCUT2D eigenvalue weighted by atomic mass is 9.75. The Bertz CT molecular complexity index is 441. The summed E-state index contributed by atoms with van der Waals surface area (Å²) in [5.74, 6) is 0. The average Bonchev–Trinajstić information content (AvgIpc) is 2.66. The maximum absolute atomic E-state index is 6.17. The van der Waals surface area contributed by atoms with Crippen LogP contribution in [0.1, 0.15) is 63.1 Å². The predicted molar refractivity (Wildman–Crippen MR) is 83.5 cm³/mol. The maximum atomic E-state index is 6.17. The minimum absolute atomic E-state index is 0.258. The number of hydrogen-bond donors (Lipinski definition) is 1. The molecule has 0 fully saturated rings. The monoisotopic (exact) mass is 259 g/mol. The Morgan fingerprint density at radius 3 is 2.63 bits per heavy atom. The van der Waals surface area contributed by atoms with Gasteiger partial charge in [-0.2, -0.15) is 0 Å². The molecule has 0 radical (unpaired) electrons. The van der Waals surface area contributed by atoms with E-state index in [2.05, 4.69) is 45.9 Å². The Hall–Kier alpha value is -0.820. The first-order valence-electron chi connectivity index (χ1n) is 7.66. The third kappa shape index (κ3) is 3.20. The Morgan fingerprint density at radius 2 is 2.00 bits per heavy atom. The Labute approximate surface area is 118 Å². The first kappa shape index (κ1) is 14.6. The lowest BCUT2D eigenvalue weighted by Gasteiger charge is -2.30. The van der Waals surface area contributed by atoms with Crippen molar-refractivity contribution in [3.8, 4) is 0 Å². The SMILES string of the molecule is Cc1ccc2c(c1)CCC2(CN)CCCC(C)(C)C. The number of aryl methyl sites for hydroxylation is 2. The number of hydrogen-bond acceptors (Lipinski definition) is 1. The molecule has 1 aromatic carbocycles. The summed E-state index contributed by atoms with van der Waals surface area (Å²) in [5.41, 5.74) is 11.3. The fraction of sp³-hybridized carbons (Fsp3) is 0.667. The van der Waals surface area contributed by atoms with E-state index in [0.29, 0.717) is 5.41 Å². The van der Waals surface area contributed by atoms with Crippen molar-refractivity contribution in [1.29, 1.82) is 0 Å². The number of rotatable bonds is 4. The lowest BCUT2D eigenvalue weighted by molar-refractivity contribution is 0.315. The summed E-state index contributed by atoms with van der Waals surface area (Å²) in [6.45, 7) is 9.96. The van der Waals surface area contributed by atoms with Crippen molar-refractivity contribution in [2.75, 3.05) is 6.54 Å². The third-order valence-corrected chi connectivity index (χ3v) is 4.68. The van der Waals surface area contributed by atoms with E-state index in [-0.39, 0.29) is 5.41 Å². The molecule has 1 unspecified atom stereocenters. The molecule has 0 aliphatic heterocycles. The van der Waals surface area contributed by atoms with Gasteiger partial charge in [0.05, 0.1) is 0 Å². The number of nitrogens with two attached hydrogens (primary N) is 1. The Morgan fingerprint density at radius 1 is 1.26 bits per heavy atom. The van der Waals surface area contributed by atoms with Crippen molar-refractivity contribution < 1.29 is 0 Å². The van der Waals surface area contributed by atoms with E-state index in [1.54, 1.807) is 5.56 Å². The minimum Gasteiger partial charge on any atom is -0.330 e. The van der Waals surface area contributed by atoms with E-state index in [0.717, 1.165) is 6.54 Å². The third-order valence-electron chi connectivity index (χ3n) is 4.68. The highest BCUT2D eigenvalue weighted by molar-refractivity contribution is 5.42. The zero-order chi connectivity index (χ0) is 14.1. The van der Waals surface area contributed by atoms with Crippen molar-refractivity contribution in [3.63, 3.8) is 0 Å². The molecule has 0 heterocycles. The number of benzene rings is 1. The zero-order valence-corrected chi connectivity index (χ0v) is 13.1. The molecule has 1 aliphatic carbocycles. The summed E-state index contributed by atoms with van der Waals surface area (Å²) in [6.07, 6.45) is 6.27. The van der Waals surface area contributed by atoms with Crippen LogP contribution in [0.4, 0.5) is 0 Å². The Kier molecular flexibility index (Phi) is 4.06. The summed E-state index contributed by atoms with van der Waals surface area (Å²) in [5, 5.41) is 0. The van der Waals surface area contributed by atoms with Crippen molar-refractivity contribution in [2.24, 2.45) is 11.1 Å². The Balaban J connectivity index is 2.13. The van der Waals surface area contributed by atoms with Gasteiger partial charge in [-0.05, 0) is 49.1 Å². The van der Waals surface area contributed by atoms with Gasteiger partial charge in [0.1, 0.15) is 0 Å². The van der Waals surface area contributed by atoms with Crippen LogP contribution in [-0.2, 0) is 11.8 Å². The molecular formula is C18H29N. The van der Waals surface area contributed by atoms with Crippen molar-refractivity contribution in [2.45, 2.75) is 65.2 Å². The highest BCUT2D eigenvalue weighted by atomic mass is 14.6. The van der Waals surface area contributed by atoms with Crippen LogP contribution in [0.25, 0.3) is 0 Å². The van der Waals surface area contributed by atoms with Gasteiger partial charge in [-0.15, -0.1) is 0 Å². The molecule has 19 heavy (non-hydrogen) atoms. The molecule has 2 N–H and O–H groups in total. The van der Waals surface area contributed by atoms with Crippen LogP contribution in [0.15, 0.2) is 18.2 Å². The molecule has 0 amide bonds. The average molecular weight is 259 g/mol. The second-order valence-corrected chi connectivity index (χ2v) is 7.56. The second-order valence-electron chi connectivity index (χ2n) is 7.56. The molecule has 1 aliphatic rings. The molecule has 0 bridgehead atoms. The van der Waals surface area contributed by atoms with E-state index >= 15 is 0 Å². The van der Waals surface area contributed by atoms with E-state index in [4.69, 9.17) is 5.73 Å². The standard InChI is InChI=1S/C18H29N/c1-14-6-7-16-15(12-14)8-11-18(16,13-19)10-5-9-17(2,3)4/h6-7,12H,5,8-11,13,19H2,1-4H3. The van der Waals surface area contributed by atoms with Gasteiger partial charge in [0, 0.05) is 12.0 Å². The molecule has 106 valence electrons. The molecule has 0 aromatic heterocycles. The van der Waals surface area contributed by atoms with E-state index in [9.17, 15) is 0 Å². The van der Waals surface area contributed by atoms with Crippen LogP contribution in [0.5, 0.6) is 0 Å². The summed E-state index contributed by atoms with van der Waals surface area (Å²) in [7, 11) is 0. The summed E-state index contributed by atoms with van der Waals surface area (Å²) in [4.78, 5) is 0. The highest BCUT2D eigenvalue weighted by Gasteiger charge is 2.37. The van der Waals surface area contributed by atoms with Gasteiger partial charge >= 0.3 is 0 Å². The van der Waals surface area contributed by atoms with Gasteiger partial charge in [0.15, 0.2) is 0 Å². The zero-order valence-electron chi connectivity index (χ0n) is 13.1. The van der Waals surface area contributed by atoms with E-state index in [1.807, 2.05) is 0 Å². The molecule has 0 saturated carbocycles. The van der Waals surface area contributed by atoms with Crippen molar-refractivity contribution >= 4 is 0 Å². The van der Waals surface area contributed by atoms with Gasteiger partial charge < -0.3 is 5.73 Å². The maximum Gasteiger partial charge on any atom is 0.00814 e. The van der Waals surface area contributed by atoms with Gasteiger partial charge in [-0.3, -0.25) is 0 Å². The first-order chi connectivity index (χ1) is 8.86. The summed E-state index contributed by atoms with van der Waals surface area (Å²) in [6, 6.07) is 6.94. The highest BCUT2D eigenvalue weighted by Crippen LogP contribution is 2.43. The fourth-order valence-electron chi connectivity index (χ4n) is 3.49. The fourth-order valence-corrected chi connectivity index (χ4v) is 3.49. The van der Waals surface area contributed by atoms with Crippen LogP contribution in [-0.4, -0.2) is 6.54 Å². The quantitative estimate of drug-likeness (QED) is 0.854. The molecular weight excluding hydrogens is 230 g/mol. The van der Waals surface area contributed by atoms with Gasteiger partial charge in [-0.1, -0.05) is 51.0 Å². The van der Waals surface area contributed by atoms with Crippen LogP contribution in [0, 0.1) is 12.3 Å². The summed E-state index contributed by atoms with van der Waals surface area (Å²) < 4.78 is 0. The van der Waals surface area contributed by atoms with Crippen molar-refractivity contribution in [1.82, 2.24) is 0 Å². The van der Waals surface area contributed by atoms with Gasteiger partial charge in [-0.25, -0.2) is 0 Å². The molecule has 1 nitrogen and oxygen atoms in total.